The monoisotopic (exact) mass is 277 g/mol. The van der Waals surface area contributed by atoms with Crippen molar-refractivity contribution in [2.75, 3.05) is 37.3 Å². The van der Waals surface area contributed by atoms with Crippen molar-refractivity contribution < 1.29 is 0 Å². The lowest BCUT2D eigenvalue weighted by atomic mass is 10.0. The van der Waals surface area contributed by atoms with Gasteiger partial charge in [0.1, 0.15) is 18.0 Å². The molecule has 1 atom stereocenters. The smallest absolute Gasteiger partial charge is 0.134 e. The molecule has 2 N–H and O–H groups in total. The maximum Gasteiger partial charge on any atom is 0.134 e. The molecule has 0 saturated carbocycles. The highest BCUT2D eigenvalue weighted by Gasteiger charge is 2.17. The molecule has 5 heteroatoms. The molecule has 0 aliphatic carbocycles. The summed E-state index contributed by atoms with van der Waals surface area (Å²) < 4.78 is 0. The molecule has 20 heavy (non-hydrogen) atoms. The quantitative estimate of drug-likeness (QED) is 0.783. The molecule has 0 amide bonds. The summed E-state index contributed by atoms with van der Waals surface area (Å²) in [5.41, 5.74) is 1.08. The molecule has 1 aliphatic rings. The lowest BCUT2D eigenvalue weighted by molar-refractivity contribution is 0.160. The summed E-state index contributed by atoms with van der Waals surface area (Å²) in [5, 5.41) is 6.51. The van der Waals surface area contributed by atoms with Gasteiger partial charge in [-0.2, -0.15) is 0 Å². The Hall–Kier alpha value is -1.36. The molecule has 0 aromatic carbocycles. The van der Waals surface area contributed by atoms with E-state index in [1.54, 1.807) is 6.33 Å². The van der Waals surface area contributed by atoms with E-state index in [-0.39, 0.29) is 0 Å². The van der Waals surface area contributed by atoms with Crippen molar-refractivity contribution in [3.05, 3.63) is 11.9 Å². The summed E-state index contributed by atoms with van der Waals surface area (Å²) in [7, 11) is 1.89. The molecule has 2 heterocycles. The molecule has 1 aromatic rings. The Morgan fingerprint density at radius 1 is 1.30 bits per heavy atom. The van der Waals surface area contributed by atoms with Gasteiger partial charge in [0.05, 0.1) is 0 Å². The topological polar surface area (TPSA) is 53.1 Å². The van der Waals surface area contributed by atoms with Gasteiger partial charge in [-0.3, -0.25) is 0 Å². The van der Waals surface area contributed by atoms with Gasteiger partial charge in [-0.05, 0) is 39.7 Å². The van der Waals surface area contributed by atoms with Gasteiger partial charge >= 0.3 is 0 Å². The molecule has 2 rings (SSSR count). The van der Waals surface area contributed by atoms with Crippen LogP contribution in [0.2, 0.25) is 0 Å². The van der Waals surface area contributed by atoms with Gasteiger partial charge in [0.2, 0.25) is 0 Å². The fourth-order valence-electron chi connectivity index (χ4n) is 2.86. The minimum absolute atomic E-state index is 0.750. The second kappa shape index (κ2) is 7.43. The van der Waals surface area contributed by atoms with Crippen LogP contribution in [-0.2, 0) is 0 Å². The molecule has 1 aromatic heterocycles. The van der Waals surface area contributed by atoms with Gasteiger partial charge in [0.15, 0.2) is 0 Å². The first-order valence-corrected chi connectivity index (χ1v) is 7.69. The molecular weight excluding hydrogens is 250 g/mol. The maximum atomic E-state index is 4.31. The van der Waals surface area contributed by atoms with Gasteiger partial charge in [0.25, 0.3) is 0 Å². The van der Waals surface area contributed by atoms with Gasteiger partial charge in [-0.1, -0.05) is 6.42 Å². The van der Waals surface area contributed by atoms with Crippen molar-refractivity contribution in [3.8, 4) is 0 Å². The Balaban J connectivity index is 1.76. The second-order valence-electron chi connectivity index (χ2n) is 5.61. The maximum absolute atomic E-state index is 4.31. The zero-order valence-electron chi connectivity index (χ0n) is 12.9. The molecule has 112 valence electrons. The highest BCUT2D eigenvalue weighted by molar-refractivity contribution is 5.55. The van der Waals surface area contributed by atoms with Crippen LogP contribution < -0.4 is 10.6 Å². The van der Waals surface area contributed by atoms with Crippen LogP contribution in [0.15, 0.2) is 6.33 Å². The molecule has 1 aliphatic heterocycles. The van der Waals surface area contributed by atoms with E-state index in [1.165, 1.54) is 32.4 Å². The summed E-state index contributed by atoms with van der Waals surface area (Å²) in [6.07, 6.45) is 6.86. The molecule has 1 saturated heterocycles. The summed E-state index contributed by atoms with van der Waals surface area (Å²) in [5.74, 6) is 1.84. The van der Waals surface area contributed by atoms with Crippen molar-refractivity contribution >= 4 is 11.6 Å². The molecule has 1 unspecified atom stereocenters. The van der Waals surface area contributed by atoms with Crippen molar-refractivity contribution in [1.82, 2.24) is 14.9 Å². The number of hydrogen-bond acceptors (Lipinski definition) is 5. The Labute approximate surface area is 122 Å². The van der Waals surface area contributed by atoms with E-state index in [0.29, 0.717) is 0 Å². The van der Waals surface area contributed by atoms with Crippen LogP contribution in [0.3, 0.4) is 0 Å². The average molecular weight is 277 g/mol. The summed E-state index contributed by atoms with van der Waals surface area (Å²) >= 11 is 0. The number of rotatable bonds is 6. The van der Waals surface area contributed by atoms with Crippen LogP contribution in [-0.4, -0.2) is 47.6 Å². The highest BCUT2D eigenvalue weighted by atomic mass is 15.2. The van der Waals surface area contributed by atoms with E-state index in [1.807, 2.05) is 14.0 Å². The SMILES string of the molecule is CNc1ncnc(NCCCN2CCCCC2C)c1C. The van der Waals surface area contributed by atoms with E-state index in [0.717, 1.165) is 36.2 Å². The summed E-state index contributed by atoms with van der Waals surface area (Å²) in [4.78, 5) is 11.1. The standard InChI is InChI=1S/C15H27N5/c1-12-7-4-5-9-20(12)10-6-8-17-15-13(2)14(16-3)18-11-19-15/h11-12H,4-10H2,1-3H3,(H2,16,17,18,19). The zero-order valence-corrected chi connectivity index (χ0v) is 12.9. The summed E-state index contributed by atoms with van der Waals surface area (Å²) in [6, 6.07) is 0.750. The van der Waals surface area contributed by atoms with E-state index < -0.39 is 0 Å². The molecule has 0 radical (unpaired) electrons. The van der Waals surface area contributed by atoms with Gasteiger partial charge < -0.3 is 15.5 Å². The number of nitrogens with zero attached hydrogens (tertiary/aromatic N) is 3. The average Bonchev–Trinajstić information content (AvgIpc) is 2.47. The van der Waals surface area contributed by atoms with Crippen LogP contribution in [0.25, 0.3) is 0 Å². The third-order valence-corrected chi connectivity index (χ3v) is 4.18. The van der Waals surface area contributed by atoms with E-state index in [9.17, 15) is 0 Å². The van der Waals surface area contributed by atoms with Gasteiger partial charge in [-0.25, -0.2) is 9.97 Å². The predicted octanol–water partition coefficient (Wildman–Crippen LogP) is 2.50. The van der Waals surface area contributed by atoms with Crippen LogP contribution in [0.4, 0.5) is 11.6 Å². The van der Waals surface area contributed by atoms with Crippen LogP contribution in [0.5, 0.6) is 0 Å². The molecule has 5 nitrogen and oxygen atoms in total. The Morgan fingerprint density at radius 2 is 2.10 bits per heavy atom. The summed E-state index contributed by atoms with van der Waals surface area (Å²) in [6.45, 7) is 7.79. The highest BCUT2D eigenvalue weighted by Crippen LogP contribution is 2.18. The van der Waals surface area contributed by atoms with E-state index >= 15 is 0 Å². The van der Waals surface area contributed by atoms with Crippen LogP contribution in [0, 0.1) is 6.92 Å². The first-order chi connectivity index (χ1) is 9.72. The number of likely N-dealkylation sites (tertiary alicyclic amines) is 1. The number of aromatic nitrogens is 2. The zero-order chi connectivity index (χ0) is 14.4. The van der Waals surface area contributed by atoms with Gasteiger partial charge in [0, 0.05) is 31.7 Å². The molecule has 1 fully saturated rings. The Morgan fingerprint density at radius 3 is 2.85 bits per heavy atom. The van der Waals surface area contributed by atoms with Crippen molar-refractivity contribution in [2.24, 2.45) is 0 Å². The minimum atomic E-state index is 0.750. The Bertz CT molecular complexity index is 421. The third kappa shape index (κ3) is 3.82. The van der Waals surface area contributed by atoms with Gasteiger partial charge in [-0.15, -0.1) is 0 Å². The number of hydrogen-bond donors (Lipinski definition) is 2. The molecular formula is C15H27N5. The normalized spacial score (nSPS) is 19.9. The number of nitrogens with one attached hydrogen (secondary N) is 2. The first kappa shape index (κ1) is 15.0. The second-order valence-corrected chi connectivity index (χ2v) is 5.61. The minimum Gasteiger partial charge on any atom is -0.373 e. The number of anilines is 2. The molecule has 0 bridgehead atoms. The van der Waals surface area contributed by atoms with Crippen LogP contribution in [0.1, 0.15) is 38.2 Å². The van der Waals surface area contributed by atoms with Crippen molar-refractivity contribution in [1.29, 1.82) is 0 Å². The Kier molecular flexibility index (Phi) is 5.59. The fourth-order valence-corrected chi connectivity index (χ4v) is 2.86. The molecule has 0 spiro atoms. The van der Waals surface area contributed by atoms with Crippen molar-refractivity contribution in [2.45, 2.75) is 45.6 Å². The number of piperidine rings is 1. The predicted molar refractivity (Wildman–Crippen MR) is 84.3 cm³/mol. The van der Waals surface area contributed by atoms with Crippen molar-refractivity contribution in [3.63, 3.8) is 0 Å². The largest absolute Gasteiger partial charge is 0.373 e. The fraction of sp³-hybridized carbons (Fsp3) is 0.733. The lowest BCUT2D eigenvalue weighted by Crippen LogP contribution is -2.38. The lowest BCUT2D eigenvalue weighted by Gasteiger charge is -2.33. The third-order valence-electron chi connectivity index (χ3n) is 4.18. The van der Waals surface area contributed by atoms with E-state index in [2.05, 4.69) is 32.4 Å². The van der Waals surface area contributed by atoms with Crippen LogP contribution >= 0.6 is 0 Å². The first-order valence-electron chi connectivity index (χ1n) is 7.69. The van der Waals surface area contributed by atoms with E-state index in [4.69, 9.17) is 0 Å².